The average molecular weight is 304 g/mol. The summed E-state index contributed by atoms with van der Waals surface area (Å²) in [7, 11) is 1.84. The lowest BCUT2D eigenvalue weighted by Gasteiger charge is -2.27. The van der Waals surface area contributed by atoms with Crippen molar-refractivity contribution in [1.82, 2.24) is 4.90 Å². The topological polar surface area (TPSA) is 50.8 Å². The van der Waals surface area contributed by atoms with E-state index in [1.807, 2.05) is 25.2 Å². The van der Waals surface area contributed by atoms with Crippen molar-refractivity contribution in [2.24, 2.45) is 5.92 Å². The summed E-state index contributed by atoms with van der Waals surface area (Å²) in [5, 5.41) is 2.97. The van der Waals surface area contributed by atoms with Gasteiger partial charge in [0, 0.05) is 31.8 Å². The van der Waals surface area contributed by atoms with Gasteiger partial charge in [0.1, 0.15) is 5.75 Å². The number of carbonyl (C=O) groups is 1. The molecule has 0 aliphatic carbocycles. The van der Waals surface area contributed by atoms with Crippen LogP contribution in [0.4, 0.5) is 10.5 Å². The van der Waals surface area contributed by atoms with Crippen LogP contribution in [0.25, 0.3) is 0 Å². The average Bonchev–Trinajstić information content (AvgIpc) is 2.55. The highest BCUT2D eigenvalue weighted by Gasteiger charge is 2.19. The van der Waals surface area contributed by atoms with E-state index in [2.05, 4.69) is 5.32 Å². The second-order valence-electron chi connectivity index (χ2n) is 6.17. The molecule has 2 amide bonds. The molecular weight excluding hydrogens is 280 g/mol. The fourth-order valence-electron chi connectivity index (χ4n) is 3.08. The number of fused-ring (bicyclic) bond motifs is 1. The molecule has 2 aliphatic rings. The summed E-state index contributed by atoms with van der Waals surface area (Å²) in [6.45, 7) is 3.13. The maximum atomic E-state index is 12.3. The van der Waals surface area contributed by atoms with Gasteiger partial charge in [-0.1, -0.05) is 0 Å². The number of carbonyl (C=O) groups excluding carboxylic acids is 1. The number of hydrogen-bond donors (Lipinski definition) is 1. The molecule has 0 bridgehead atoms. The van der Waals surface area contributed by atoms with E-state index in [-0.39, 0.29) is 6.03 Å². The number of nitrogens with zero attached hydrogens (tertiary/aromatic N) is 1. The van der Waals surface area contributed by atoms with Gasteiger partial charge >= 0.3 is 6.03 Å². The van der Waals surface area contributed by atoms with Crippen LogP contribution in [0.3, 0.4) is 0 Å². The van der Waals surface area contributed by atoms with E-state index in [9.17, 15) is 4.79 Å². The van der Waals surface area contributed by atoms with Crippen LogP contribution >= 0.6 is 0 Å². The Kier molecular flexibility index (Phi) is 4.83. The molecule has 0 spiro atoms. The molecule has 5 heteroatoms. The number of benzene rings is 1. The molecule has 3 rings (SSSR count). The van der Waals surface area contributed by atoms with Gasteiger partial charge in [0.25, 0.3) is 0 Å². The zero-order chi connectivity index (χ0) is 15.4. The summed E-state index contributed by atoms with van der Waals surface area (Å²) < 4.78 is 11.1. The third kappa shape index (κ3) is 3.71. The molecule has 1 fully saturated rings. The Morgan fingerprint density at radius 1 is 1.36 bits per heavy atom. The molecule has 2 heterocycles. The summed E-state index contributed by atoms with van der Waals surface area (Å²) >= 11 is 0. The maximum absolute atomic E-state index is 12.3. The first kappa shape index (κ1) is 15.2. The van der Waals surface area contributed by atoms with Crippen molar-refractivity contribution in [3.63, 3.8) is 0 Å². The standard InChI is InChI=1S/C17H24N2O3/c1-19(11-13-4-2-8-21-12-13)17(20)18-15-6-7-16-14(10-15)5-3-9-22-16/h6-7,10,13H,2-5,8-9,11-12H2,1H3,(H,18,20)/t13-/m1/s1. The van der Waals surface area contributed by atoms with Crippen molar-refractivity contribution < 1.29 is 14.3 Å². The monoisotopic (exact) mass is 304 g/mol. The third-order valence-corrected chi connectivity index (χ3v) is 4.29. The summed E-state index contributed by atoms with van der Waals surface area (Å²) in [6, 6.07) is 5.80. The van der Waals surface area contributed by atoms with Gasteiger partial charge in [-0.3, -0.25) is 0 Å². The zero-order valence-electron chi connectivity index (χ0n) is 13.1. The van der Waals surface area contributed by atoms with Gasteiger partial charge in [-0.05, 0) is 49.4 Å². The summed E-state index contributed by atoms with van der Waals surface area (Å²) in [4.78, 5) is 14.0. The number of amides is 2. The Labute approximate surface area is 131 Å². The Balaban J connectivity index is 1.56. The van der Waals surface area contributed by atoms with Crippen molar-refractivity contribution in [2.45, 2.75) is 25.7 Å². The van der Waals surface area contributed by atoms with E-state index in [0.29, 0.717) is 5.92 Å². The summed E-state index contributed by atoms with van der Waals surface area (Å²) in [5.74, 6) is 1.39. The number of urea groups is 1. The Morgan fingerprint density at radius 2 is 2.27 bits per heavy atom. The fourth-order valence-corrected chi connectivity index (χ4v) is 3.08. The highest BCUT2D eigenvalue weighted by atomic mass is 16.5. The molecule has 0 aromatic heterocycles. The molecule has 22 heavy (non-hydrogen) atoms. The van der Waals surface area contributed by atoms with Gasteiger partial charge in [0.15, 0.2) is 0 Å². The molecule has 1 atom stereocenters. The first-order valence-electron chi connectivity index (χ1n) is 8.08. The van der Waals surface area contributed by atoms with Crippen LogP contribution in [0.2, 0.25) is 0 Å². The number of anilines is 1. The number of rotatable bonds is 3. The largest absolute Gasteiger partial charge is 0.493 e. The van der Waals surface area contributed by atoms with Crippen LogP contribution in [-0.2, 0) is 11.2 Å². The third-order valence-electron chi connectivity index (χ3n) is 4.29. The summed E-state index contributed by atoms with van der Waals surface area (Å²) in [6.07, 6.45) is 4.26. The highest BCUT2D eigenvalue weighted by molar-refractivity contribution is 5.89. The second-order valence-corrected chi connectivity index (χ2v) is 6.17. The van der Waals surface area contributed by atoms with E-state index < -0.39 is 0 Å². The van der Waals surface area contributed by atoms with Crippen molar-refractivity contribution in [1.29, 1.82) is 0 Å². The van der Waals surface area contributed by atoms with Crippen molar-refractivity contribution in [2.75, 3.05) is 38.7 Å². The first-order chi connectivity index (χ1) is 10.7. The predicted octanol–water partition coefficient (Wildman–Crippen LogP) is 2.90. The van der Waals surface area contributed by atoms with Crippen LogP contribution in [0, 0.1) is 5.92 Å². The number of ether oxygens (including phenoxy) is 2. The molecule has 1 aromatic rings. The predicted molar refractivity (Wildman–Crippen MR) is 85.4 cm³/mol. The number of nitrogens with one attached hydrogen (secondary N) is 1. The van der Waals surface area contributed by atoms with Crippen molar-refractivity contribution in [3.8, 4) is 5.75 Å². The molecule has 1 N–H and O–H groups in total. The van der Waals surface area contributed by atoms with Crippen LogP contribution in [-0.4, -0.2) is 44.3 Å². The van der Waals surface area contributed by atoms with E-state index in [1.165, 1.54) is 5.56 Å². The Hall–Kier alpha value is -1.75. The zero-order valence-corrected chi connectivity index (χ0v) is 13.1. The molecule has 2 aliphatic heterocycles. The van der Waals surface area contributed by atoms with Crippen LogP contribution in [0.1, 0.15) is 24.8 Å². The minimum absolute atomic E-state index is 0.0674. The molecular formula is C17H24N2O3. The smallest absolute Gasteiger partial charge is 0.321 e. The number of hydrogen-bond acceptors (Lipinski definition) is 3. The van der Waals surface area contributed by atoms with E-state index in [4.69, 9.17) is 9.47 Å². The minimum Gasteiger partial charge on any atom is -0.493 e. The van der Waals surface area contributed by atoms with Gasteiger partial charge in [0.2, 0.25) is 0 Å². The highest BCUT2D eigenvalue weighted by Crippen LogP contribution is 2.27. The van der Waals surface area contributed by atoms with Gasteiger partial charge in [0.05, 0.1) is 13.2 Å². The van der Waals surface area contributed by atoms with E-state index in [1.54, 1.807) is 4.90 Å². The molecule has 5 nitrogen and oxygen atoms in total. The maximum Gasteiger partial charge on any atom is 0.321 e. The molecule has 1 aromatic carbocycles. The van der Waals surface area contributed by atoms with E-state index >= 15 is 0 Å². The lowest BCUT2D eigenvalue weighted by atomic mass is 10.0. The van der Waals surface area contributed by atoms with Crippen LogP contribution in [0.5, 0.6) is 5.75 Å². The van der Waals surface area contributed by atoms with Gasteiger partial charge in [-0.15, -0.1) is 0 Å². The molecule has 0 saturated carbocycles. The van der Waals surface area contributed by atoms with Gasteiger partial charge in [-0.25, -0.2) is 4.79 Å². The van der Waals surface area contributed by atoms with Gasteiger partial charge in [-0.2, -0.15) is 0 Å². The fraction of sp³-hybridized carbons (Fsp3) is 0.588. The Morgan fingerprint density at radius 3 is 3.09 bits per heavy atom. The minimum atomic E-state index is -0.0674. The van der Waals surface area contributed by atoms with Crippen molar-refractivity contribution in [3.05, 3.63) is 23.8 Å². The van der Waals surface area contributed by atoms with Crippen LogP contribution < -0.4 is 10.1 Å². The van der Waals surface area contributed by atoms with Crippen LogP contribution in [0.15, 0.2) is 18.2 Å². The molecule has 0 unspecified atom stereocenters. The molecule has 0 radical (unpaired) electrons. The second kappa shape index (κ2) is 7.01. The first-order valence-corrected chi connectivity index (χ1v) is 8.08. The SMILES string of the molecule is CN(C[C@H]1CCCOC1)C(=O)Nc1ccc2c(c1)CCCO2. The quantitative estimate of drug-likeness (QED) is 0.934. The lowest BCUT2D eigenvalue weighted by Crippen LogP contribution is -2.37. The van der Waals surface area contributed by atoms with E-state index in [0.717, 1.165) is 63.5 Å². The van der Waals surface area contributed by atoms with Crippen molar-refractivity contribution >= 4 is 11.7 Å². The van der Waals surface area contributed by atoms with Gasteiger partial charge < -0.3 is 19.7 Å². The number of aryl methyl sites for hydroxylation is 1. The molecule has 1 saturated heterocycles. The normalized spacial score (nSPS) is 20.7. The molecule has 120 valence electrons. The summed E-state index contributed by atoms with van der Waals surface area (Å²) in [5.41, 5.74) is 2.01. The lowest BCUT2D eigenvalue weighted by molar-refractivity contribution is 0.0464. The Bertz CT molecular complexity index is 527.